The van der Waals surface area contributed by atoms with Crippen molar-refractivity contribution in [1.29, 1.82) is 0 Å². The Morgan fingerprint density at radius 1 is 0.960 bits per heavy atom. The van der Waals surface area contributed by atoms with Gasteiger partial charge < -0.3 is 19.5 Å². The van der Waals surface area contributed by atoms with Gasteiger partial charge in [0.05, 0.1) is 0 Å². The van der Waals surface area contributed by atoms with Crippen LogP contribution in [0.15, 0.2) is 54.6 Å². The van der Waals surface area contributed by atoms with Gasteiger partial charge in [0.25, 0.3) is 5.91 Å². The fourth-order valence-electron chi connectivity index (χ4n) is 3.09. The zero-order valence-electron chi connectivity index (χ0n) is 14.2. The fraction of sp³-hybridized carbons (Fsp3) is 0.250. The predicted octanol–water partition coefficient (Wildman–Crippen LogP) is 3.35. The number of piperazine rings is 1. The number of para-hydroxylation sites is 1. The summed E-state index contributed by atoms with van der Waals surface area (Å²) < 4.78 is 5.87. The Morgan fingerprint density at radius 3 is 2.48 bits per heavy atom. The molecule has 1 aliphatic heterocycles. The first-order chi connectivity index (χ1) is 12.2. The molecule has 0 atom stereocenters. The molecule has 128 valence electrons. The zero-order valence-corrected chi connectivity index (χ0v) is 14.2. The van der Waals surface area contributed by atoms with E-state index in [-0.39, 0.29) is 5.91 Å². The molecule has 2 heterocycles. The van der Waals surface area contributed by atoms with E-state index in [2.05, 4.69) is 16.9 Å². The number of hydrogen-bond acceptors (Lipinski definition) is 3. The van der Waals surface area contributed by atoms with E-state index in [9.17, 15) is 4.79 Å². The fourth-order valence-corrected chi connectivity index (χ4v) is 3.09. The summed E-state index contributed by atoms with van der Waals surface area (Å²) in [5.74, 6) is 1.62. The number of nitrogens with zero attached hydrogens (tertiary/aromatic N) is 2. The van der Waals surface area contributed by atoms with Gasteiger partial charge in [-0.1, -0.05) is 18.2 Å². The molecule has 25 heavy (non-hydrogen) atoms. The van der Waals surface area contributed by atoms with Gasteiger partial charge in [-0.05, 0) is 43.4 Å². The van der Waals surface area contributed by atoms with Gasteiger partial charge in [0, 0.05) is 37.1 Å². The van der Waals surface area contributed by atoms with Crippen LogP contribution >= 0.6 is 0 Å². The lowest BCUT2D eigenvalue weighted by Crippen LogP contribution is -2.47. The summed E-state index contributed by atoms with van der Waals surface area (Å²) >= 11 is 0. The van der Waals surface area contributed by atoms with E-state index in [1.165, 1.54) is 0 Å². The molecule has 5 heteroatoms. The van der Waals surface area contributed by atoms with Gasteiger partial charge in [0.15, 0.2) is 0 Å². The number of hydrogen-bond donors (Lipinski definition) is 1. The van der Waals surface area contributed by atoms with Crippen LogP contribution in [0.5, 0.6) is 11.5 Å². The Hall–Kier alpha value is -2.79. The van der Waals surface area contributed by atoms with Crippen molar-refractivity contribution < 1.29 is 9.53 Å². The summed E-state index contributed by atoms with van der Waals surface area (Å²) in [4.78, 5) is 20.1. The Bertz CT molecular complexity index is 880. The molecular formula is C20H21N3O2. The molecule has 1 saturated heterocycles. The second-order valence-corrected chi connectivity index (χ2v) is 6.44. The van der Waals surface area contributed by atoms with Crippen LogP contribution in [0.25, 0.3) is 10.9 Å². The van der Waals surface area contributed by atoms with Crippen LogP contribution in [0.4, 0.5) is 0 Å². The molecule has 1 aliphatic rings. The summed E-state index contributed by atoms with van der Waals surface area (Å²) in [6, 6.07) is 17.4. The third kappa shape index (κ3) is 3.37. The number of ether oxygens (including phenoxy) is 1. The minimum Gasteiger partial charge on any atom is -0.457 e. The third-order valence-corrected chi connectivity index (χ3v) is 4.59. The molecule has 1 N–H and O–H groups in total. The summed E-state index contributed by atoms with van der Waals surface area (Å²) in [6.45, 7) is 3.38. The summed E-state index contributed by atoms with van der Waals surface area (Å²) in [7, 11) is 2.08. The number of benzene rings is 2. The number of likely N-dealkylation sites (N-methyl/N-ethyl adjacent to an activating group) is 1. The average Bonchev–Trinajstić information content (AvgIpc) is 3.06. The van der Waals surface area contributed by atoms with Crippen molar-refractivity contribution in [3.8, 4) is 11.5 Å². The SMILES string of the molecule is CN1CCN(C(=O)c2cc3cc(Oc4ccccc4)ccc3[nH]2)CC1. The topological polar surface area (TPSA) is 48.6 Å². The van der Waals surface area contributed by atoms with Gasteiger partial charge in [-0.3, -0.25) is 4.79 Å². The van der Waals surface area contributed by atoms with Crippen molar-refractivity contribution in [1.82, 2.24) is 14.8 Å². The molecule has 1 fully saturated rings. The van der Waals surface area contributed by atoms with Crippen LogP contribution in [-0.2, 0) is 0 Å². The van der Waals surface area contributed by atoms with Crippen LogP contribution < -0.4 is 4.74 Å². The highest BCUT2D eigenvalue weighted by Crippen LogP contribution is 2.26. The summed E-state index contributed by atoms with van der Waals surface area (Å²) in [5, 5.41) is 0.978. The maximum atomic E-state index is 12.7. The van der Waals surface area contributed by atoms with Crippen LogP contribution in [0, 0.1) is 0 Å². The maximum Gasteiger partial charge on any atom is 0.270 e. The van der Waals surface area contributed by atoms with E-state index in [1.54, 1.807) is 0 Å². The monoisotopic (exact) mass is 335 g/mol. The zero-order chi connectivity index (χ0) is 17.2. The number of amides is 1. The highest BCUT2D eigenvalue weighted by atomic mass is 16.5. The van der Waals surface area contributed by atoms with Gasteiger partial charge in [-0.15, -0.1) is 0 Å². The number of rotatable bonds is 3. The van der Waals surface area contributed by atoms with E-state index in [0.29, 0.717) is 5.69 Å². The number of fused-ring (bicyclic) bond motifs is 1. The van der Waals surface area contributed by atoms with Crippen LogP contribution in [0.2, 0.25) is 0 Å². The molecule has 4 rings (SSSR count). The average molecular weight is 335 g/mol. The number of carbonyl (C=O) groups excluding carboxylic acids is 1. The van der Waals surface area contributed by atoms with Crippen LogP contribution in [0.1, 0.15) is 10.5 Å². The molecule has 1 amide bonds. The Kier molecular flexibility index (Phi) is 4.15. The third-order valence-electron chi connectivity index (χ3n) is 4.59. The second kappa shape index (κ2) is 6.61. The van der Waals surface area contributed by atoms with E-state index in [4.69, 9.17) is 4.74 Å². The van der Waals surface area contributed by atoms with Crippen molar-refractivity contribution in [2.45, 2.75) is 0 Å². The van der Waals surface area contributed by atoms with E-state index in [0.717, 1.165) is 48.6 Å². The lowest BCUT2D eigenvalue weighted by atomic mass is 10.2. The minimum absolute atomic E-state index is 0.0647. The van der Waals surface area contributed by atoms with E-state index >= 15 is 0 Å². The van der Waals surface area contributed by atoms with Crippen LogP contribution in [0.3, 0.4) is 0 Å². The van der Waals surface area contributed by atoms with Crippen molar-refractivity contribution in [2.24, 2.45) is 0 Å². The molecule has 0 aliphatic carbocycles. The molecule has 0 saturated carbocycles. The first kappa shape index (κ1) is 15.7. The van der Waals surface area contributed by atoms with E-state index < -0.39 is 0 Å². The highest BCUT2D eigenvalue weighted by molar-refractivity contribution is 5.98. The molecule has 1 aromatic heterocycles. The van der Waals surface area contributed by atoms with Crippen molar-refractivity contribution in [2.75, 3.05) is 33.2 Å². The largest absolute Gasteiger partial charge is 0.457 e. The standard InChI is InChI=1S/C20H21N3O2/c1-22-9-11-23(12-10-22)20(24)19-14-15-13-17(7-8-18(15)21-19)25-16-5-3-2-4-6-16/h2-8,13-14,21H,9-12H2,1H3. The second-order valence-electron chi connectivity index (χ2n) is 6.44. The van der Waals surface area contributed by atoms with Gasteiger partial charge in [0.2, 0.25) is 0 Å². The minimum atomic E-state index is 0.0647. The van der Waals surface area contributed by atoms with Crippen molar-refractivity contribution in [3.63, 3.8) is 0 Å². The van der Waals surface area contributed by atoms with Gasteiger partial charge >= 0.3 is 0 Å². The number of H-pyrrole nitrogens is 1. The molecule has 2 aromatic carbocycles. The van der Waals surface area contributed by atoms with Crippen LogP contribution in [-0.4, -0.2) is 53.9 Å². The van der Waals surface area contributed by atoms with Gasteiger partial charge in [-0.25, -0.2) is 0 Å². The molecular weight excluding hydrogens is 314 g/mol. The lowest BCUT2D eigenvalue weighted by Gasteiger charge is -2.32. The van der Waals surface area contributed by atoms with Crippen molar-refractivity contribution in [3.05, 3.63) is 60.3 Å². The Morgan fingerprint density at radius 2 is 1.72 bits per heavy atom. The normalized spacial score (nSPS) is 15.5. The number of aromatic amines is 1. The van der Waals surface area contributed by atoms with Gasteiger partial charge in [-0.2, -0.15) is 0 Å². The number of carbonyl (C=O) groups is 1. The molecule has 0 bridgehead atoms. The quantitative estimate of drug-likeness (QED) is 0.798. The predicted molar refractivity (Wildman–Crippen MR) is 98.2 cm³/mol. The molecule has 5 nitrogen and oxygen atoms in total. The maximum absolute atomic E-state index is 12.7. The Labute approximate surface area is 146 Å². The molecule has 3 aromatic rings. The molecule has 0 unspecified atom stereocenters. The smallest absolute Gasteiger partial charge is 0.270 e. The Balaban J connectivity index is 1.55. The van der Waals surface area contributed by atoms with Crippen molar-refractivity contribution >= 4 is 16.8 Å². The molecule has 0 radical (unpaired) electrons. The van der Waals surface area contributed by atoms with Gasteiger partial charge in [0.1, 0.15) is 17.2 Å². The highest BCUT2D eigenvalue weighted by Gasteiger charge is 2.21. The molecule has 0 spiro atoms. The number of aromatic nitrogens is 1. The summed E-state index contributed by atoms with van der Waals surface area (Å²) in [5.41, 5.74) is 1.58. The first-order valence-electron chi connectivity index (χ1n) is 8.52. The first-order valence-corrected chi connectivity index (χ1v) is 8.52. The lowest BCUT2D eigenvalue weighted by molar-refractivity contribution is 0.0659. The summed E-state index contributed by atoms with van der Waals surface area (Å²) in [6.07, 6.45) is 0. The number of nitrogens with one attached hydrogen (secondary N) is 1. The van der Waals surface area contributed by atoms with E-state index in [1.807, 2.05) is 59.5 Å².